The summed E-state index contributed by atoms with van der Waals surface area (Å²) in [5.41, 5.74) is 1.90. The molecule has 0 radical (unpaired) electrons. The molecule has 3 rings (SSSR count). The molecular weight excluding hydrogens is 490 g/mol. The zero-order chi connectivity index (χ0) is 25.4. The number of carbonyl (C=O) groups is 2. The molecule has 0 aliphatic carbocycles. The molecule has 0 aliphatic rings. The van der Waals surface area contributed by atoms with Crippen LogP contribution in [0, 0.1) is 6.92 Å². The molecule has 8 nitrogen and oxygen atoms in total. The summed E-state index contributed by atoms with van der Waals surface area (Å²) in [7, 11) is -2.23. The molecule has 0 aromatic heterocycles. The maximum absolute atomic E-state index is 12.9. The molecule has 3 aromatic carbocycles. The van der Waals surface area contributed by atoms with Crippen molar-refractivity contribution in [2.75, 3.05) is 30.3 Å². The van der Waals surface area contributed by atoms with Gasteiger partial charge in [0.1, 0.15) is 0 Å². The Morgan fingerprint density at radius 1 is 0.943 bits per heavy atom. The van der Waals surface area contributed by atoms with E-state index in [0.29, 0.717) is 30.8 Å². The molecule has 0 heterocycles. The van der Waals surface area contributed by atoms with Crippen molar-refractivity contribution in [1.82, 2.24) is 5.32 Å². The number of benzene rings is 3. The maximum atomic E-state index is 12.9. The minimum absolute atomic E-state index is 0.0492. The van der Waals surface area contributed by atoms with Crippen LogP contribution in [0.4, 0.5) is 11.4 Å². The second kappa shape index (κ2) is 11.8. The van der Waals surface area contributed by atoms with Crippen LogP contribution in [0.1, 0.15) is 32.7 Å². The Bertz CT molecular complexity index is 1310. The first-order valence-corrected chi connectivity index (χ1v) is 12.6. The number of halogens is 1. The number of anilines is 2. The van der Waals surface area contributed by atoms with Crippen LogP contribution >= 0.6 is 11.6 Å². The highest BCUT2D eigenvalue weighted by atomic mass is 35.5. The van der Waals surface area contributed by atoms with Gasteiger partial charge >= 0.3 is 0 Å². The number of methoxy groups -OCH3 is 1. The average Bonchev–Trinajstić information content (AvgIpc) is 2.82. The van der Waals surface area contributed by atoms with Crippen molar-refractivity contribution >= 4 is 44.8 Å². The first-order valence-electron chi connectivity index (χ1n) is 10.8. The van der Waals surface area contributed by atoms with Crippen molar-refractivity contribution < 1.29 is 22.7 Å². The summed E-state index contributed by atoms with van der Waals surface area (Å²) >= 11 is 6.30. The minimum atomic E-state index is -3.82. The normalized spacial score (nSPS) is 11.1. The molecule has 0 bridgehead atoms. The number of rotatable bonds is 10. The molecule has 0 aliphatic heterocycles. The zero-order valence-electron chi connectivity index (χ0n) is 19.3. The molecule has 10 heteroatoms. The van der Waals surface area contributed by atoms with Crippen molar-refractivity contribution in [2.45, 2.75) is 18.2 Å². The number of hydrogen-bond donors (Lipinski definition) is 3. The molecule has 35 heavy (non-hydrogen) atoms. The van der Waals surface area contributed by atoms with Crippen LogP contribution in [-0.2, 0) is 14.8 Å². The van der Waals surface area contributed by atoms with E-state index in [0.717, 1.165) is 5.56 Å². The van der Waals surface area contributed by atoms with Crippen LogP contribution in [0.15, 0.2) is 71.6 Å². The average molecular weight is 516 g/mol. The standard InChI is InChI=1S/C25H26ClN3O5S/c1-17-8-11-19(12-9-17)35(32,33)29-18-10-13-20(22(26)16-18)25(31)28-23-7-4-3-6-21(23)24(30)27-14-5-15-34-2/h3-4,6-13,16,29H,5,14-15H2,1-2H3,(H,27,30)(H,28,31). The molecule has 3 N–H and O–H groups in total. The fraction of sp³-hybridized carbons (Fsp3) is 0.200. The molecular formula is C25H26ClN3O5S. The van der Waals surface area contributed by atoms with E-state index in [1.165, 1.54) is 30.3 Å². The van der Waals surface area contributed by atoms with Gasteiger partial charge in [0.25, 0.3) is 21.8 Å². The fourth-order valence-corrected chi connectivity index (χ4v) is 4.50. The number of para-hydroxylation sites is 1. The van der Waals surface area contributed by atoms with E-state index < -0.39 is 15.9 Å². The van der Waals surface area contributed by atoms with Crippen LogP contribution in [-0.4, -0.2) is 40.5 Å². The SMILES string of the molecule is COCCCNC(=O)c1ccccc1NC(=O)c1ccc(NS(=O)(=O)c2ccc(C)cc2)cc1Cl. The molecule has 184 valence electrons. The summed E-state index contributed by atoms with van der Waals surface area (Å²) in [5, 5.41) is 5.53. The molecule has 0 fully saturated rings. The summed E-state index contributed by atoms with van der Waals surface area (Å²) in [6, 6.07) is 17.2. The summed E-state index contributed by atoms with van der Waals surface area (Å²) in [6.45, 7) is 2.82. The van der Waals surface area contributed by atoms with Gasteiger partial charge in [0, 0.05) is 20.3 Å². The molecule has 3 aromatic rings. The Morgan fingerprint density at radius 2 is 1.66 bits per heavy atom. The first-order chi connectivity index (χ1) is 16.7. The lowest BCUT2D eigenvalue weighted by molar-refractivity contribution is 0.0949. The third-order valence-electron chi connectivity index (χ3n) is 5.03. The van der Waals surface area contributed by atoms with E-state index >= 15 is 0 Å². The summed E-state index contributed by atoms with van der Waals surface area (Å²) < 4.78 is 32.7. The van der Waals surface area contributed by atoms with Gasteiger partial charge in [-0.05, 0) is 55.8 Å². The van der Waals surface area contributed by atoms with Crippen molar-refractivity contribution in [3.05, 3.63) is 88.4 Å². The summed E-state index contributed by atoms with van der Waals surface area (Å²) in [6.07, 6.45) is 0.659. The highest BCUT2D eigenvalue weighted by Gasteiger charge is 2.18. The Labute approximate surface area is 209 Å². The number of hydrogen-bond acceptors (Lipinski definition) is 5. The maximum Gasteiger partial charge on any atom is 0.261 e. The highest BCUT2D eigenvalue weighted by Crippen LogP contribution is 2.25. The molecule has 0 atom stereocenters. The van der Waals surface area contributed by atoms with Gasteiger partial charge in [-0.25, -0.2) is 8.42 Å². The molecule has 0 saturated heterocycles. The van der Waals surface area contributed by atoms with E-state index in [9.17, 15) is 18.0 Å². The lowest BCUT2D eigenvalue weighted by Gasteiger charge is -2.13. The van der Waals surface area contributed by atoms with Gasteiger partial charge in [-0.2, -0.15) is 0 Å². The Kier molecular flexibility index (Phi) is 8.86. The number of amides is 2. The van der Waals surface area contributed by atoms with Crippen molar-refractivity contribution in [2.24, 2.45) is 0 Å². The van der Waals surface area contributed by atoms with Crippen LogP contribution in [0.2, 0.25) is 5.02 Å². The van der Waals surface area contributed by atoms with Gasteiger partial charge in [0.15, 0.2) is 0 Å². The van der Waals surface area contributed by atoms with Gasteiger partial charge in [-0.3, -0.25) is 14.3 Å². The van der Waals surface area contributed by atoms with E-state index in [2.05, 4.69) is 15.4 Å². The lowest BCUT2D eigenvalue weighted by atomic mass is 10.1. The van der Waals surface area contributed by atoms with Gasteiger partial charge in [0.2, 0.25) is 0 Å². The molecule has 0 saturated carbocycles. The molecule has 2 amide bonds. The Hall–Kier alpha value is -3.40. The number of aryl methyl sites for hydroxylation is 1. The number of nitrogens with one attached hydrogen (secondary N) is 3. The second-order valence-electron chi connectivity index (χ2n) is 7.72. The number of carbonyl (C=O) groups excluding carboxylic acids is 2. The van der Waals surface area contributed by atoms with Crippen LogP contribution in [0.5, 0.6) is 0 Å². The predicted octanol–water partition coefficient (Wildman–Crippen LogP) is 4.47. The van der Waals surface area contributed by atoms with Crippen LogP contribution in [0.3, 0.4) is 0 Å². The van der Waals surface area contributed by atoms with Gasteiger partial charge in [0.05, 0.1) is 32.4 Å². The second-order valence-corrected chi connectivity index (χ2v) is 9.80. The van der Waals surface area contributed by atoms with Gasteiger partial charge in [-0.15, -0.1) is 0 Å². The fourth-order valence-electron chi connectivity index (χ4n) is 3.19. The smallest absolute Gasteiger partial charge is 0.261 e. The topological polar surface area (TPSA) is 114 Å². The largest absolute Gasteiger partial charge is 0.385 e. The van der Waals surface area contributed by atoms with Crippen molar-refractivity contribution in [1.29, 1.82) is 0 Å². The molecule has 0 spiro atoms. The lowest BCUT2D eigenvalue weighted by Crippen LogP contribution is -2.26. The number of ether oxygens (including phenoxy) is 1. The van der Waals surface area contributed by atoms with E-state index in [1.807, 2.05) is 6.92 Å². The zero-order valence-corrected chi connectivity index (χ0v) is 20.9. The van der Waals surface area contributed by atoms with E-state index in [1.54, 1.807) is 43.5 Å². The van der Waals surface area contributed by atoms with Gasteiger partial charge in [-0.1, -0.05) is 41.4 Å². The third kappa shape index (κ3) is 7.05. The molecule has 0 unspecified atom stereocenters. The monoisotopic (exact) mass is 515 g/mol. The minimum Gasteiger partial charge on any atom is -0.385 e. The summed E-state index contributed by atoms with van der Waals surface area (Å²) in [4.78, 5) is 25.5. The van der Waals surface area contributed by atoms with Crippen LogP contribution in [0.25, 0.3) is 0 Å². The van der Waals surface area contributed by atoms with Crippen LogP contribution < -0.4 is 15.4 Å². The number of sulfonamides is 1. The van der Waals surface area contributed by atoms with Crippen molar-refractivity contribution in [3.8, 4) is 0 Å². The van der Waals surface area contributed by atoms with E-state index in [-0.39, 0.29) is 27.1 Å². The Morgan fingerprint density at radius 3 is 2.34 bits per heavy atom. The Balaban J connectivity index is 1.72. The van der Waals surface area contributed by atoms with Crippen molar-refractivity contribution in [3.63, 3.8) is 0 Å². The van der Waals surface area contributed by atoms with E-state index in [4.69, 9.17) is 16.3 Å². The third-order valence-corrected chi connectivity index (χ3v) is 6.74. The first kappa shape index (κ1) is 26.2. The quantitative estimate of drug-likeness (QED) is 0.345. The van der Waals surface area contributed by atoms with Gasteiger partial charge < -0.3 is 15.4 Å². The highest BCUT2D eigenvalue weighted by molar-refractivity contribution is 7.92. The predicted molar refractivity (Wildman–Crippen MR) is 137 cm³/mol. The summed E-state index contributed by atoms with van der Waals surface area (Å²) in [5.74, 6) is -0.869.